The van der Waals surface area contributed by atoms with E-state index in [1.165, 1.54) is 17.0 Å². The van der Waals surface area contributed by atoms with Crippen LogP contribution in [0.25, 0.3) is 0 Å². The van der Waals surface area contributed by atoms with Crippen molar-refractivity contribution < 1.29 is 18.0 Å². The fourth-order valence-electron chi connectivity index (χ4n) is 5.06. The number of hydrogen-bond acceptors (Lipinski definition) is 4. The fourth-order valence-corrected chi connectivity index (χ4v) is 6.93. The summed E-state index contributed by atoms with van der Waals surface area (Å²) in [4.78, 5) is 30.0. The van der Waals surface area contributed by atoms with E-state index >= 15 is 0 Å². The van der Waals surface area contributed by atoms with Crippen molar-refractivity contribution >= 4 is 50.7 Å². The normalized spacial score (nSPS) is 12.1. The lowest BCUT2D eigenvalue weighted by Gasteiger charge is -2.34. The molecule has 4 aromatic carbocycles. The van der Waals surface area contributed by atoms with Crippen LogP contribution in [0, 0.1) is 26.7 Å². The van der Waals surface area contributed by atoms with E-state index in [2.05, 4.69) is 5.32 Å². The van der Waals surface area contributed by atoms with Gasteiger partial charge < -0.3 is 10.2 Å². The summed E-state index contributed by atoms with van der Waals surface area (Å²) in [6.45, 7) is 9.48. The third-order valence-corrected chi connectivity index (χ3v) is 10.4. The molecule has 0 aromatic heterocycles. The van der Waals surface area contributed by atoms with E-state index in [1.807, 2.05) is 71.0 Å². The molecule has 4 aromatic rings. The molecule has 0 aliphatic carbocycles. The highest BCUT2D eigenvalue weighted by molar-refractivity contribution is 7.92. The summed E-state index contributed by atoms with van der Waals surface area (Å²) in [6, 6.07) is 25.2. The first kappa shape index (κ1) is 36.0. The van der Waals surface area contributed by atoms with Crippen molar-refractivity contribution in [3.63, 3.8) is 0 Å². The van der Waals surface area contributed by atoms with Crippen LogP contribution >= 0.6 is 23.2 Å². The van der Waals surface area contributed by atoms with Gasteiger partial charge in [-0.05, 0) is 85.3 Å². The average Bonchev–Trinajstić information content (AvgIpc) is 3.03. The predicted octanol–water partition coefficient (Wildman–Crippen LogP) is 7.53. The molecule has 1 atom stereocenters. The summed E-state index contributed by atoms with van der Waals surface area (Å²) in [6.07, 6.45) is 0.204. The number of halogens is 2. The molecule has 248 valence electrons. The minimum atomic E-state index is -4.20. The maximum atomic E-state index is 14.6. The monoisotopic (exact) mass is 693 g/mol. The number of aryl methyl sites for hydroxylation is 3. The largest absolute Gasteiger partial charge is 0.354 e. The molecule has 47 heavy (non-hydrogen) atoms. The van der Waals surface area contributed by atoms with Crippen LogP contribution in [0.2, 0.25) is 10.0 Å². The maximum Gasteiger partial charge on any atom is 0.264 e. The lowest BCUT2D eigenvalue weighted by atomic mass is 10.0. The molecule has 7 nitrogen and oxygen atoms in total. The van der Waals surface area contributed by atoms with Crippen LogP contribution in [0.3, 0.4) is 0 Å². The second-order valence-corrected chi connectivity index (χ2v) is 14.9. The van der Waals surface area contributed by atoms with Gasteiger partial charge in [0.05, 0.1) is 10.6 Å². The summed E-state index contributed by atoms with van der Waals surface area (Å²) in [7, 11) is -4.20. The molecule has 1 unspecified atom stereocenters. The van der Waals surface area contributed by atoms with Gasteiger partial charge in [0.2, 0.25) is 11.8 Å². The van der Waals surface area contributed by atoms with Crippen molar-refractivity contribution in [2.24, 2.45) is 5.92 Å². The Morgan fingerprint density at radius 1 is 0.830 bits per heavy atom. The lowest BCUT2D eigenvalue weighted by molar-refractivity contribution is -0.140. The second-order valence-electron chi connectivity index (χ2n) is 12.2. The summed E-state index contributed by atoms with van der Waals surface area (Å²) >= 11 is 12.8. The van der Waals surface area contributed by atoms with E-state index in [9.17, 15) is 18.0 Å². The van der Waals surface area contributed by atoms with E-state index in [-0.39, 0.29) is 29.7 Å². The first-order valence-electron chi connectivity index (χ1n) is 15.5. The number of anilines is 1. The molecule has 4 rings (SSSR count). The molecular formula is C37H41Cl2N3O4S. The minimum absolute atomic E-state index is 0.0488. The highest BCUT2D eigenvalue weighted by atomic mass is 35.5. The lowest BCUT2D eigenvalue weighted by Crippen LogP contribution is -2.53. The third-order valence-electron chi connectivity index (χ3n) is 7.98. The third kappa shape index (κ3) is 9.37. The van der Waals surface area contributed by atoms with E-state index in [4.69, 9.17) is 23.2 Å². The Kier molecular flexibility index (Phi) is 12.1. The molecule has 0 bridgehead atoms. The fraction of sp³-hybridized carbons (Fsp3) is 0.297. The van der Waals surface area contributed by atoms with Crippen LogP contribution < -0.4 is 9.62 Å². The molecule has 0 aliphatic heterocycles. The topological polar surface area (TPSA) is 86.8 Å². The van der Waals surface area contributed by atoms with Crippen molar-refractivity contribution in [2.75, 3.05) is 17.4 Å². The average molecular weight is 695 g/mol. The second kappa shape index (κ2) is 15.8. The molecular weight excluding hydrogens is 653 g/mol. The zero-order valence-corrected chi connectivity index (χ0v) is 29.7. The molecule has 0 heterocycles. The molecule has 1 N–H and O–H groups in total. The van der Waals surface area contributed by atoms with Gasteiger partial charge in [0.15, 0.2) is 0 Å². The number of carbonyl (C=O) groups is 2. The summed E-state index contributed by atoms with van der Waals surface area (Å²) < 4.78 is 29.6. The highest BCUT2D eigenvalue weighted by Gasteiger charge is 2.35. The van der Waals surface area contributed by atoms with Gasteiger partial charge in [-0.2, -0.15) is 0 Å². The van der Waals surface area contributed by atoms with E-state index in [0.717, 1.165) is 26.6 Å². The maximum absolute atomic E-state index is 14.6. The van der Waals surface area contributed by atoms with Gasteiger partial charge in [0.1, 0.15) is 12.6 Å². The van der Waals surface area contributed by atoms with Gasteiger partial charge in [0.25, 0.3) is 10.0 Å². The molecule has 0 aliphatic rings. The van der Waals surface area contributed by atoms with Crippen LogP contribution in [0.4, 0.5) is 5.69 Å². The van der Waals surface area contributed by atoms with Gasteiger partial charge in [-0.3, -0.25) is 13.9 Å². The Morgan fingerprint density at radius 3 is 2.13 bits per heavy atom. The molecule has 10 heteroatoms. The molecule has 0 fully saturated rings. The van der Waals surface area contributed by atoms with E-state index in [1.54, 1.807) is 42.5 Å². The number of nitrogens with zero attached hydrogens (tertiary/aromatic N) is 2. The van der Waals surface area contributed by atoms with Gasteiger partial charge >= 0.3 is 0 Å². The molecule has 2 amide bonds. The highest BCUT2D eigenvalue weighted by Crippen LogP contribution is 2.28. The van der Waals surface area contributed by atoms with E-state index in [0.29, 0.717) is 27.8 Å². The van der Waals surface area contributed by atoms with Crippen molar-refractivity contribution in [3.8, 4) is 0 Å². The van der Waals surface area contributed by atoms with Gasteiger partial charge in [0, 0.05) is 29.6 Å². The number of carbonyl (C=O) groups excluding carboxylic acids is 2. The van der Waals surface area contributed by atoms with Crippen molar-refractivity contribution in [1.82, 2.24) is 10.2 Å². The number of sulfonamides is 1. The van der Waals surface area contributed by atoms with Crippen LogP contribution in [-0.4, -0.2) is 44.3 Å². The standard InChI is InChI=1S/C37H41Cl2N3O4S/c1-25(2)22-40-37(44)35(20-29-9-7-6-8-10-29)41(23-30-14-15-31(38)21-34(30)39)36(43)24-42(32-16-13-27(4)28(5)19-32)47(45,46)33-17-11-26(3)12-18-33/h6-19,21,25,35H,20,22-24H2,1-5H3,(H,40,44). The van der Waals surface area contributed by atoms with Crippen LogP contribution in [0.1, 0.15) is 41.7 Å². The number of amides is 2. The van der Waals surface area contributed by atoms with Crippen molar-refractivity contribution in [2.45, 2.75) is 58.5 Å². The number of benzene rings is 4. The Hall–Kier alpha value is -3.85. The zero-order valence-electron chi connectivity index (χ0n) is 27.3. The first-order valence-corrected chi connectivity index (χ1v) is 17.7. The predicted molar refractivity (Wildman–Crippen MR) is 190 cm³/mol. The summed E-state index contributed by atoms with van der Waals surface area (Å²) in [5.41, 5.74) is 4.51. The molecule has 0 saturated heterocycles. The van der Waals surface area contributed by atoms with Gasteiger partial charge in [-0.15, -0.1) is 0 Å². The summed E-state index contributed by atoms with van der Waals surface area (Å²) in [5, 5.41) is 3.74. The summed E-state index contributed by atoms with van der Waals surface area (Å²) in [5.74, 6) is -0.739. The molecule has 0 radical (unpaired) electrons. The molecule has 0 saturated carbocycles. The first-order chi connectivity index (χ1) is 22.3. The minimum Gasteiger partial charge on any atom is -0.354 e. The van der Waals surface area contributed by atoms with E-state index < -0.39 is 28.5 Å². The molecule has 0 spiro atoms. The Labute approximate surface area is 288 Å². The van der Waals surface area contributed by atoms with Crippen LogP contribution in [-0.2, 0) is 32.6 Å². The van der Waals surface area contributed by atoms with Crippen LogP contribution in [0.5, 0.6) is 0 Å². The van der Waals surface area contributed by atoms with Crippen molar-refractivity contribution in [3.05, 3.63) is 129 Å². The van der Waals surface area contributed by atoms with Crippen molar-refractivity contribution in [1.29, 1.82) is 0 Å². The Balaban J connectivity index is 1.84. The number of nitrogens with one attached hydrogen (secondary N) is 1. The Morgan fingerprint density at radius 2 is 1.51 bits per heavy atom. The Bertz CT molecular complexity index is 1810. The number of rotatable bonds is 13. The SMILES string of the molecule is Cc1ccc(S(=O)(=O)N(CC(=O)N(Cc2ccc(Cl)cc2Cl)C(Cc2ccccc2)C(=O)NCC(C)C)c2ccc(C)c(C)c2)cc1. The van der Waals surface area contributed by atoms with Crippen LogP contribution in [0.15, 0.2) is 95.9 Å². The zero-order chi connectivity index (χ0) is 34.3. The quantitative estimate of drug-likeness (QED) is 0.157. The van der Waals surface area contributed by atoms with Gasteiger partial charge in [-0.25, -0.2) is 8.42 Å². The number of hydrogen-bond donors (Lipinski definition) is 1. The smallest absolute Gasteiger partial charge is 0.264 e. The van der Waals surface area contributed by atoms with Gasteiger partial charge in [-0.1, -0.05) is 97.2 Å².